The molecule has 0 aromatic rings. The van der Waals surface area contributed by atoms with Gasteiger partial charge in [0.05, 0.1) is 0 Å². The van der Waals surface area contributed by atoms with Crippen molar-refractivity contribution in [3.05, 3.63) is 17.2 Å². The van der Waals surface area contributed by atoms with E-state index in [1.165, 1.54) is 0 Å². The summed E-state index contributed by atoms with van der Waals surface area (Å²) in [4.78, 5) is 0. The van der Waals surface area contributed by atoms with E-state index in [-0.39, 0.29) is 0 Å². The maximum atomic E-state index is 3.88. The second-order valence-electron chi connectivity index (χ2n) is 0.682. The Hall–Kier alpha value is 0.220. The van der Waals surface area contributed by atoms with E-state index in [9.17, 15) is 0 Å². The van der Waals surface area contributed by atoms with Gasteiger partial charge >= 0.3 is 0 Å². The van der Waals surface area contributed by atoms with Crippen molar-refractivity contribution in [3.63, 3.8) is 0 Å². The fourth-order valence-corrected chi connectivity index (χ4v) is 0.316. The molecule has 0 fully saturated rings. The van der Waals surface area contributed by atoms with Crippen LogP contribution >= 0.6 is 25.3 Å². The Morgan fingerprint density at radius 1 is 1.67 bits per heavy atom. The molecule has 0 aliphatic heterocycles. The summed E-state index contributed by atoms with van der Waals surface area (Å²) >= 11 is 7.64. The molecule has 0 aromatic carbocycles. The van der Waals surface area contributed by atoms with Crippen molar-refractivity contribution in [2.75, 3.05) is 5.75 Å². The van der Waals surface area contributed by atoms with Crippen LogP contribution < -0.4 is 0 Å². The van der Waals surface area contributed by atoms with E-state index in [2.05, 4.69) is 31.0 Å². The predicted molar refractivity (Wildman–Crippen MR) is 35.5 cm³/mol. The van der Waals surface area contributed by atoms with Crippen LogP contribution in [0.25, 0.3) is 0 Å². The second-order valence-corrected chi connectivity index (χ2v) is 1.31. The van der Waals surface area contributed by atoms with Crippen LogP contribution in [0.2, 0.25) is 0 Å². The zero-order valence-electron chi connectivity index (χ0n) is 3.26. The Kier molecular flexibility index (Phi) is 5.41. The second kappa shape index (κ2) is 5.22. The third-order valence-electron chi connectivity index (χ3n) is 0.284. The minimum Gasteiger partial charge on any atom is -0.175 e. The zero-order chi connectivity index (χ0) is 4.83. The summed E-state index contributed by atoms with van der Waals surface area (Å²) in [6.07, 6.45) is 1.79. The van der Waals surface area contributed by atoms with Crippen LogP contribution in [0.3, 0.4) is 0 Å². The zero-order valence-corrected chi connectivity index (χ0v) is 5.05. The highest BCUT2D eigenvalue weighted by Crippen LogP contribution is 1.74. The number of rotatable bonds is 1. The van der Waals surface area contributed by atoms with Crippen molar-refractivity contribution in [1.82, 2.24) is 0 Å². The fourth-order valence-electron chi connectivity index (χ4n) is 0.105. The molecular formula is C4H6S2. The highest BCUT2D eigenvalue weighted by atomic mass is 32.1. The van der Waals surface area contributed by atoms with Gasteiger partial charge in [-0.1, -0.05) is 0 Å². The highest BCUT2D eigenvalue weighted by Gasteiger charge is 1.52. The third kappa shape index (κ3) is 4.22. The van der Waals surface area contributed by atoms with Gasteiger partial charge in [-0.25, -0.2) is 0 Å². The molecular weight excluding hydrogens is 112 g/mol. The van der Waals surface area contributed by atoms with Crippen molar-refractivity contribution >= 4 is 25.3 Å². The lowest BCUT2D eigenvalue weighted by molar-refractivity contribution is 1.82. The summed E-state index contributed by atoms with van der Waals surface area (Å²) in [5, 5.41) is 1.55. The maximum Gasteiger partial charge on any atom is 0.0158 e. The molecule has 0 heterocycles. The first-order valence-corrected chi connectivity index (χ1v) is 2.71. The van der Waals surface area contributed by atoms with E-state index < -0.39 is 0 Å². The molecule has 0 rings (SSSR count). The Morgan fingerprint density at radius 2 is 2.33 bits per heavy atom. The molecule has 0 saturated heterocycles. The largest absolute Gasteiger partial charge is 0.175 e. The number of thiol groups is 2. The molecule has 0 aliphatic rings. The summed E-state index contributed by atoms with van der Waals surface area (Å²) in [5.41, 5.74) is 2.74. The summed E-state index contributed by atoms with van der Waals surface area (Å²) in [5.74, 6) is 0.733. The lowest BCUT2D eigenvalue weighted by Gasteiger charge is -1.61. The Bertz CT molecular complexity index is 69.6. The SMILES string of the molecule is SC=C=CCS. The van der Waals surface area contributed by atoms with Crippen molar-refractivity contribution < 1.29 is 0 Å². The number of hydrogen-bond acceptors (Lipinski definition) is 2. The summed E-state index contributed by atoms with van der Waals surface area (Å²) in [7, 11) is 0. The maximum absolute atomic E-state index is 3.88. The Morgan fingerprint density at radius 3 is 2.50 bits per heavy atom. The average molecular weight is 118 g/mol. The molecule has 0 aromatic heterocycles. The minimum atomic E-state index is 0.733. The molecule has 34 valence electrons. The van der Waals surface area contributed by atoms with Gasteiger partial charge in [0, 0.05) is 11.2 Å². The molecule has 0 amide bonds. The van der Waals surface area contributed by atoms with Crippen LogP contribution in [-0.2, 0) is 0 Å². The molecule has 0 saturated carbocycles. The van der Waals surface area contributed by atoms with Crippen LogP contribution in [0.4, 0.5) is 0 Å². The molecule has 0 bridgehead atoms. The fraction of sp³-hybridized carbons (Fsp3) is 0.250. The monoisotopic (exact) mass is 118 g/mol. The molecule has 2 heteroatoms. The van der Waals surface area contributed by atoms with Crippen molar-refractivity contribution in [1.29, 1.82) is 0 Å². The topological polar surface area (TPSA) is 0 Å². The van der Waals surface area contributed by atoms with Gasteiger partial charge < -0.3 is 0 Å². The highest BCUT2D eigenvalue weighted by molar-refractivity contribution is 7.83. The van der Waals surface area contributed by atoms with Gasteiger partial charge in [-0.05, 0) is 6.08 Å². The van der Waals surface area contributed by atoms with Gasteiger partial charge in [-0.15, -0.1) is 18.4 Å². The first-order chi connectivity index (χ1) is 2.91. The molecule has 0 unspecified atom stereocenters. The normalized spacial score (nSPS) is 6.33. The van der Waals surface area contributed by atoms with E-state index in [0.29, 0.717) is 0 Å². The lowest BCUT2D eigenvalue weighted by Crippen LogP contribution is -1.49. The lowest BCUT2D eigenvalue weighted by atomic mass is 10.7. The van der Waals surface area contributed by atoms with Crippen molar-refractivity contribution in [3.8, 4) is 0 Å². The molecule has 0 spiro atoms. The molecule has 0 aliphatic carbocycles. The van der Waals surface area contributed by atoms with E-state index in [4.69, 9.17) is 0 Å². The first kappa shape index (κ1) is 6.22. The third-order valence-corrected chi connectivity index (χ3v) is 0.615. The van der Waals surface area contributed by atoms with Gasteiger partial charge in [0.15, 0.2) is 0 Å². The molecule has 0 N–H and O–H groups in total. The standard InChI is InChI=1S/C4H6S2/c5-3-1-2-4-6/h1,4-6H,3H2. The molecule has 6 heavy (non-hydrogen) atoms. The van der Waals surface area contributed by atoms with Gasteiger partial charge in [-0.3, -0.25) is 0 Å². The van der Waals surface area contributed by atoms with Crippen LogP contribution in [0, 0.1) is 0 Å². The number of hydrogen-bond donors (Lipinski definition) is 2. The van der Waals surface area contributed by atoms with Gasteiger partial charge in [0.2, 0.25) is 0 Å². The molecule has 0 atom stereocenters. The van der Waals surface area contributed by atoms with E-state index in [1.54, 1.807) is 11.5 Å². The van der Waals surface area contributed by atoms with Crippen LogP contribution in [0.5, 0.6) is 0 Å². The molecule has 0 nitrogen and oxygen atoms in total. The predicted octanol–water partition coefficient (Wildman–Crippen LogP) is 1.51. The van der Waals surface area contributed by atoms with Crippen molar-refractivity contribution in [2.45, 2.75) is 0 Å². The average Bonchev–Trinajstić information content (AvgIpc) is 1.61. The Balaban J connectivity index is 3.18. The van der Waals surface area contributed by atoms with Crippen molar-refractivity contribution in [2.24, 2.45) is 0 Å². The van der Waals surface area contributed by atoms with E-state index in [0.717, 1.165) is 5.75 Å². The van der Waals surface area contributed by atoms with E-state index in [1.807, 2.05) is 0 Å². The Labute approximate surface area is 48.8 Å². The first-order valence-electron chi connectivity index (χ1n) is 1.56. The van der Waals surface area contributed by atoms with Gasteiger partial charge in [0.25, 0.3) is 0 Å². The summed E-state index contributed by atoms with van der Waals surface area (Å²) in [6, 6.07) is 0. The van der Waals surface area contributed by atoms with Crippen LogP contribution in [0.1, 0.15) is 0 Å². The van der Waals surface area contributed by atoms with Crippen LogP contribution in [0.15, 0.2) is 17.2 Å². The molecule has 0 radical (unpaired) electrons. The minimum absolute atomic E-state index is 0.733. The summed E-state index contributed by atoms with van der Waals surface area (Å²) < 4.78 is 0. The van der Waals surface area contributed by atoms with E-state index >= 15 is 0 Å². The smallest absolute Gasteiger partial charge is 0.0158 e. The quantitative estimate of drug-likeness (QED) is 0.378. The van der Waals surface area contributed by atoms with Crippen LogP contribution in [-0.4, -0.2) is 5.75 Å². The van der Waals surface area contributed by atoms with Gasteiger partial charge in [0.1, 0.15) is 0 Å². The van der Waals surface area contributed by atoms with Gasteiger partial charge in [-0.2, -0.15) is 12.6 Å². The summed E-state index contributed by atoms with van der Waals surface area (Å²) in [6.45, 7) is 0.